The highest BCUT2D eigenvalue weighted by atomic mass is 79.9. The Morgan fingerprint density at radius 1 is 1.35 bits per heavy atom. The van der Waals surface area contributed by atoms with E-state index in [1.54, 1.807) is 18.2 Å². The number of hydrogen-bond acceptors (Lipinski definition) is 3. The van der Waals surface area contributed by atoms with Crippen molar-refractivity contribution >= 4 is 33.4 Å². The molecule has 0 spiro atoms. The minimum absolute atomic E-state index is 0.150. The summed E-state index contributed by atoms with van der Waals surface area (Å²) in [6.07, 6.45) is -0.336. The van der Waals surface area contributed by atoms with Gasteiger partial charge in [-0.25, -0.2) is 9.78 Å². The van der Waals surface area contributed by atoms with E-state index >= 15 is 0 Å². The summed E-state index contributed by atoms with van der Waals surface area (Å²) in [5.74, 6) is -2.07. The maximum Gasteiger partial charge on any atom is 0.356 e. The lowest BCUT2D eigenvalue weighted by Gasteiger charge is -2.01. The van der Waals surface area contributed by atoms with Gasteiger partial charge in [0.25, 0.3) is 0 Å². The van der Waals surface area contributed by atoms with Gasteiger partial charge >= 0.3 is 11.9 Å². The average Bonchev–Trinajstić information content (AvgIpc) is 2.57. The third-order valence-electron chi connectivity index (χ3n) is 2.20. The van der Waals surface area contributed by atoms with Crippen LogP contribution in [-0.2, 0) is 11.2 Å². The Balaban J connectivity index is 2.75. The standard InChI is InChI=1S/C10H7BrN2O4/c11-6-3-1-2-5-9(10(16)17)12-7(13(5)6)4-8(14)15/h1-3H,4H2,(H,14,15)(H,16,17). The first-order valence-electron chi connectivity index (χ1n) is 4.61. The van der Waals surface area contributed by atoms with Crippen LogP contribution in [-0.4, -0.2) is 31.5 Å². The third-order valence-corrected chi connectivity index (χ3v) is 2.81. The number of imidazole rings is 1. The SMILES string of the molecule is O=C(O)Cc1nc(C(=O)O)c2cccc(Br)n12. The molecule has 0 bridgehead atoms. The Morgan fingerprint density at radius 2 is 2.06 bits per heavy atom. The number of rotatable bonds is 3. The van der Waals surface area contributed by atoms with Gasteiger partial charge in [-0.1, -0.05) is 6.07 Å². The fourth-order valence-corrected chi connectivity index (χ4v) is 2.13. The largest absolute Gasteiger partial charge is 0.481 e. The molecule has 2 rings (SSSR count). The highest BCUT2D eigenvalue weighted by molar-refractivity contribution is 9.10. The van der Waals surface area contributed by atoms with Crippen molar-refractivity contribution in [3.05, 3.63) is 34.3 Å². The van der Waals surface area contributed by atoms with Gasteiger partial charge in [-0.15, -0.1) is 0 Å². The van der Waals surface area contributed by atoms with Gasteiger partial charge in [-0.05, 0) is 28.1 Å². The molecule has 6 nitrogen and oxygen atoms in total. The summed E-state index contributed by atoms with van der Waals surface area (Å²) in [5.41, 5.74) is 0.214. The Hall–Kier alpha value is -1.89. The van der Waals surface area contributed by atoms with Crippen molar-refractivity contribution in [3.63, 3.8) is 0 Å². The molecule has 2 aromatic heterocycles. The van der Waals surface area contributed by atoms with Crippen molar-refractivity contribution in [2.24, 2.45) is 0 Å². The zero-order chi connectivity index (χ0) is 12.6. The second-order valence-electron chi connectivity index (χ2n) is 3.32. The molecule has 0 saturated heterocycles. The van der Waals surface area contributed by atoms with E-state index in [1.165, 1.54) is 4.40 Å². The minimum Gasteiger partial charge on any atom is -0.481 e. The summed E-state index contributed by atoms with van der Waals surface area (Å²) in [7, 11) is 0. The molecular formula is C10H7BrN2O4. The maximum absolute atomic E-state index is 11.0. The van der Waals surface area contributed by atoms with E-state index in [0.29, 0.717) is 10.1 Å². The topological polar surface area (TPSA) is 91.9 Å². The van der Waals surface area contributed by atoms with E-state index in [9.17, 15) is 9.59 Å². The highest BCUT2D eigenvalue weighted by Gasteiger charge is 2.19. The maximum atomic E-state index is 11.0. The van der Waals surface area contributed by atoms with Crippen molar-refractivity contribution in [2.75, 3.05) is 0 Å². The number of hydrogen-bond donors (Lipinski definition) is 2. The molecule has 0 radical (unpaired) electrons. The van der Waals surface area contributed by atoms with Crippen molar-refractivity contribution in [3.8, 4) is 0 Å². The number of aromatic carboxylic acids is 1. The number of carboxylic acids is 2. The summed E-state index contributed by atoms with van der Waals surface area (Å²) in [4.78, 5) is 25.5. The Bertz CT molecular complexity index is 620. The van der Waals surface area contributed by atoms with E-state index in [2.05, 4.69) is 20.9 Å². The van der Waals surface area contributed by atoms with Gasteiger partial charge in [0.1, 0.15) is 12.2 Å². The van der Waals surface area contributed by atoms with Gasteiger partial charge < -0.3 is 10.2 Å². The minimum atomic E-state index is -1.18. The van der Waals surface area contributed by atoms with Crippen LogP contribution in [0.5, 0.6) is 0 Å². The first kappa shape index (κ1) is 11.6. The molecule has 0 saturated carbocycles. The van der Waals surface area contributed by atoms with E-state index in [-0.39, 0.29) is 17.9 Å². The van der Waals surface area contributed by atoms with Crippen molar-refractivity contribution < 1.29 is 19.8 Å². The monoisotopic (exact) mass is 298 g/mol. The molecule has 2 heterocycles. The van der Waals surface area contributed by atoms with Gasteiger partial charge in [-0.3, -0.25) is 9.20 Å². The van der Waals surface area contributed by atoms with Crippen LogP contribution in [0.1, 0.15) is 16.3 Å². The predicted molar refractivity (Wildman–Crippen MR) is 61.2 cm³/mol. The summed E-state index contributed by atoms with van der Waals surface area (Å²) in [5, 5.41) is 17.7. The van der Waals surface area contributed by atoms with Crippen LogP contribution in [0, 0.1) is 0 Å². The number of halogens is 1. The van der Waals surface area contributed by atoms with Gasteiger partial charge in [0, 0.05) is 0 Å². The summed E-state index contributed by atoms with van der Waals surface area (Å²) >= 11 is 3.24. The lowest BCUT2D eigenvalue weighted by Crippen LogP contribution is -2.05. The Kier molecular flexibility index (Phi) is 2.84. The Labute approximate surface area is 104 Å². The number of fused-ring (bicyclic) bond motifs is 1. The predicted octanol–water partition coefficient (Wildman–Crippen LogP) is 1.42. The van der Waals surface area contributed by atoms with E-state index in [1.807, 2.05) is 0 Å². The zero-order valence-corrected chi connectivity index (χ0v) is 10.0. The number of nitrogens with zero attached hydrogens (tertiary/aromatic N) is 2. The van der Waals surface area contributed by atoms with Gasteiger partial charge in [0.05, 0.1) is 10.1 Å². The molecule has 0 amide bonds. The molecule has 0 unspecified atom stereocenters. The first-order chi connectivity index (χ1) is 8.00. The average molecular weight is 299 g/mol. The van der Waals surface area contributed by atoms with Crippen LogP contribution < -0.4 is 0 Å². The molecule has 0 aliphatic rings. The lowest BCUT2D eigenvalue weighted by atomic mass is 10.3. The third kappa shape index (κ3) is 2.01. The smallest absolute Gasteiger partial charge is 0.356 e. The zero-order valence-electron chi connectivity index (χ0n) is 8.42. The van der Waals surface area contributed by atoms with Gasteiger partial charge in [0.15, 0.2) is 5.69 Å². The van der Waals surface area contributed by atoms with E-state index in [4.69, 9.17) is 10.2 Å². The van der Waals surface area contributed by atoms with Crippen molar-refractivity contribution in [1.82, 2.24) is 9.38 Å². The van der Waals surface area contributed by atoms with Gasteiger partial charge in [-0.2, -0.15) is 0 Å². The molecule has 0 aliphatic carbocycles. The van der Waals surface area contributed by atoms with E-state index < -0.39 is 11.9 Å². The van der Waals surface area contributed by atoms with E-state index in [0.717, 1.165) is 0 Å². The van der Waals surface area contributed by atoms with Crippen molar-refractivity contribution in [1.29, 1.82) is 0 Å². The second kappa shape index (κ2) is 4.17. The first-order valence-corrected chi connectivity index (χ1v) is 5.41. The fraction of sp³-hybridized carbons (Fsp3) is 0.100. The Morgan fingerprint density at radius 3 is 2.65 bits per heavy atom. The van der Waals surface area contributed by atoms with Gasteiger partial charge in [0.2, 0.25) is 0 Å². The van der Waals surface area contributed by atoms with Crippen LogP contribution in [0.3, 0.4) is 0 Å². The van der Waals surface area contributed by atoms with Crippen LogP contribution in [0.25, 0.3) is 5.52 Å². The van der Waals surface area contributed by atoms with Crippen LogP contribution in [0.15, 0.2) is 22.8 Å². The molecular weight excluding hydrogens is 292 g/mol. The van der Waals surface area contributed by atoms with Crippen LogP contribution in [0.4, 0.5) is 0 Å². The molecule has 17 heavy (non-hydrogen) atoms. The molecule has 88 valence electrons. The summed E-state index contributed by atoms with van der Waals surface area (Å²) < 4.78 is 2.03. The number of carboxylic acid groups (broad SMARTS) is 2. The number of aromatic nitrogens is 2. The van der Waals surface area contributed by atoms with Crippen LogP contribution in [0.2, 0.25) is 0 Å². The molecule has 0 fully saturated rings. The van der Waals surface area contributed by atoms with Crippen molar-refractivity contribution in [2.45, 2.75) is 6.42 Å². The molecule has 2 aromatic rings. The molecule has 0 aliphatic heterocycles. The fourth-order valence-electron chi connectivity index (χ4n) is 1.58. The number of carbonyl (C=O) groups is 2. The second-order valence-corrected chi connectivity index (χ2v) is 4.13. The number of pyridine rings is 1. The lowest BCUT2D eigenvalue weighted by molar-refractivity contribution is -0.136. The van der Waals surface area contributed by atoms with Crippen LogP contribution >= 0.6 is 15.9 Å². The summed E-state index contributed by atoms with van der Waals surface area (Å²) in [6.45, 7) is 0. The number of aliphatic carboxylic acids is 1. The molecule has 0 aromatic carbocycles. The molecule has 7 heteroatoms. The molecule has 0 atom stereocenters. The summed E-state index contributed by atoms with van der Waals surface area (Å²) in [6, 6.07) is 4.93. The molecule has 2 N–H and O–H groups in total. The normalized spacial score (nSPS) is 10.6. The highest BCUT2D eigenvalue weighted by Crippen LogP contribution is 2.20. The quantitative estimate of drug-likeness (QED) is 0.836.